The smallest absolute Gasteiger partial charge is 0.266 e. The first-order valence-corrected chi connectivity index (χ1v) is 10.8. The number of anilines is 1. The highest BCUT2D eigenvalue weighted by atomic mass is 35.5. The SMILES string of the molecule is Cc1cc(Cl)ccc1NC(=O)/C(C#N)=C/c1c(OCc2ccccc2)ccc2ccccc12. The van der Waals surface area contributed by atoms with Crippen molar-refractivity contribution in [3.8, 4) is 11.8 Å². The summed E-state index contributed by atoms with van der Waals surface area (Å²) in [6, 6.07) is 28.7. The second-order valence-corrected chi connectivity index (χ2v) is 7.99. The Morgan fingerprint density at radius 3 is 2.55 bits per heavy atom. The van der Waals surface area contributed by atoms with E-state index in [9.17, 15) is 10.1 Å². The summed E-state index contributed by atoms with van der Waals surface area (Å²) in [7, 11) is 0. The second kappa shape index (κ2) is 10.0. The van der Waals surface area contributed by atoms with E-state index in [4.69, 9.17) is 16.3 Å². The van der Waals surface area contributed by atoms with E-state index in [0.717, 1.165) is 21.9 Å². The Hall–Kier alpha value is -4.07. The van der Waals surface area contributed by atoms with Crippen LogP contribution in [0, 0.1) is 18.3 Å². The van der Waals surface area contributed by atoms with Crippen molar-refractivity contribution in [3.63, 3.8) is 0 Å². The lowest BCUT2D eigenvalue weighted by atomic mass is 10.0. The number of carbonyl (C=O) groups excluding carboxylic acids is 1. The van der Waals surface area contributed by atoms with Gasteiger partial charge in [0.1, 0.15) is 24.0 Å². The van der Waals surface area contributed by atoms with Gasteiger partial charge in [0.05, 0.1) is 0 Å². The predicted octanol–water partition coefficient (Wildman–Crippen LogP) is 6.93. The topological polar surface area (TPSA) is 62.1 Å². The summed E-state index contributed by atoms with van der Waals surface area (Å²) in [5.74, 6) is 0.102. The lowest BCUT2D eigenvalue weighted by molar-refractivity contribution is -0.112. The molecule has 0 aliphatic heterocycles. The highest BCUT2D eigenvalue weighted by Gasteiger charge is 2.15. The van der Waals surface area contributed by atoms with Crippen molar-refractivity contribution in [1.29, 1.82) is 5.26 Å². The number of hydrogen-bond acceptors (Lipinski definition) is 3. The van der Waals surface area contributed by atoms with Gasteiger partial charge in [0.15, 0.2) is 0 Å². The fourth-order valence-corrected chi connectivity index (χ4v) is 3.76. The number of hydrogen-bond donors (Lipinski definition) is 1. The molecule has 1 N–H and O–H groups in total. The first kappa shape index (κ1) is 22.1. The number of benzene rings is 4. The van der Waals surface area contributed by atoms with Crippen LogP contribution in [0.2, 0.25) is 5.02 Å². The molecule has 0 heterocycles. The Morgan fingerprint density at radius 2 is 1.79 bits per heavy atom. The highest BCUT2D eigenvalue weighted by Crippen LogP contribution is 2.31. The molecule has 0 spiro atoms. The van der Waals surface area contributed by atoms with Crippen molar-refractivity contribution in [2.24, 2.45) is 0 Å². The molecule has 0 saturated carbocycles. The van der Waals surface area contributed by atoms with Crippen LogP contribution in [0.3, 0.4) is 0 Å². The molecule has 0 aliphatic carbocycles. The van der Waals surface area contributed by atoms with Crippen LogP contribution in [-0.4, -0.2) is 5.91 Å². The van der Waals surface area contributed by atoms with E-state index in [1.54, 1.807) is 24.3 Å². The van der Waals surface area contributed by atoms with Crippen LogP contribution < -0.4 is 10.1 Å². The van der Waals surface area contributed by atoms with E-state index >= 15 is 0 Å². The Balaban J connectivity index is 1.70. The number of nitrogens with one attached hydrogen (secondary N) is 1. The molecule has 0 unspecified atom stereocenters. The highest BCUT2D eigenvalue weighted by molar-refractivity contribution is 6.30. The van der Waals surface area contributed by atoms with Crippen molar-refractivity contribution in [2.45, 2.75) is 13.5 Å². The normalized spacial score (nSPS) is 11.1. The number of nitriles is 1. The molecule has 0 atom stereocenters. The summed E-state index contributed by atoms with van der Waals surface area (Å²) >= 11 is 6.01. The first-order valence-electron chi connectivity index (χ1n) is 10.4. The van der Waals surface area contributed by atoms with Gasteiger partial charge < -0.3 is 10.1 Å². The van der Waals surface area contributed by atoms with Crippen molar-refractivity contribution in [2.75, 3.05) is 5.32 Å². The fraction of sp³-hybridized carbons (Fsp3) is 0.0714. The standard InChI is InChI=1S/C28H21ClN2O2/c1-19-15-23(29)12-13-26(19)31-28(32)22(17-30)16-25-24-10-6-5-9-21(24)11-14-27(25)33-18-20-7-3-2-4-8-20/h2-16H,18H2,1H3,(H,31,32)/b22-16+. The minimum Gasteiger partial charge on any atom is -0.488 e. The van der Waals surface area contributed by atoms with Gasteiger partial charge in [0.2, 0.25) is 0 Å². The summed E-state index contributed by atoms with van der Waals surface area (Å²) < 4.78 is 6.11. The van der Waals surface area contributed by atoms with E-state index in [1.165, 1.54) is 0 Å². The van der Waals surface area contributed by atoms with Crippen LogP contribution in [0.5, 0.6) is 5.75 Å². The maximum atomic E-state index is 12.9. The zero-order chi connectivity index (χ0) is 23.2. The average molecular weight is 453 g/mol. The molecule has 4 rings (SSSR count). The molecule has 162 valence electrons. The molecule has 0 aromatic heterocycles. The molecule has 0 aliphatic rings. The molecule has 0 saturated heterocycles. The number of aryl methyl sites for hydroxylation is 1. The predicted molar refractivity (Wildman–Crippen MR) is 133 cm³/mol. The van der Waals surface area contributed by atoms with Crippen molar-refractivity contribution < 1.29 is 9.53 Å². The summed E-state index contributed by atoms with van der Waals surface area (Å²) in [6.45, 7) is 2.22. The van der Waals surface area contributed by atoms with Gasteiger partial charge in [0, 0.05) is 16.3 Å². The monoisotopic (exact) mass is 452 g/mol. The third kappa shape index (κ3) is 5.23. The molecule has 0 radical (unpaired) electrons. The Kier molecular flexibility index (Phi) is 6.73. The number of halogens is 1. The average Bonchev–Trinajstić information content (AvgIpc) is 2.83. The summed E-state index contributed by atoms with van der Waals surface area (Å²) in [6.07, 6.45) is 1.59. The second-order valence-electron chi connectivity index (χ2n) is 7.56. The largest absolute Gasteiger partial charge is 0.488 e. The molecule has 1 amide bonds. The molecular formula is C28H21ClN2O2. The van der Waals surface area contributed by atoms with Crippen LogP contribution in [0.25, 0.3) is 16.8 Å². The first-order chi connectivity index (χ1) is 16.0. The lowest BCUT2D eigenvalue weighted by Gasteiger charge is -2.13. The molecule has 4 aromatic rings. The minimum atomic E-state index is -0.495. The zero-order valence-electron chi connectivity index (χ0n) is 18.0. The van der Waals surface area contributed by atoms with Gasteiger partial charge in [-0.3, -0.25) is 4.79 Å². The molecule has 0 fully saturated rings. The number of nitrogens with zero attached hydrogens (tertiary/aromatic N) is 1. The van der Waals surface area contributed by atoms with Gasteiger partial charge in [-0.2, -0.15) is 5.26 Å². The van der Waals surface area contributed by atoms with Gasteiger partial charge in [-0.05, 0) is 59.2 Å². The van der Waals surface area contributed by atoms with Gasteiger partial charge in [-0.1, -0.05) is 72.3 Å². The molecule has 4 nitrogen and oxygen atoms in total. The van der Waals surface area contributed by atoms with E-state index < -0.39 is 5.91 Å². The number of rotatable bonds is 6. The molecule has 33 heavy (non-hydrogen) atoms. The maximum absolute atomic E-state index is 12.9. The third-order valence-corrected chi connectivity index (χ3v) is 5.49. The van der Waals surface area contributed by atoms with Crippen LogP contribution in [-0.2, 0) is 11.4 Å². The van der Waals surface area contributed by atoms with E-state index in [1.807, 2.05) is 79.7 Å². The lowest BCUT2D eigenvalue weighted by Crippen LogP contribution is -2.14. The number of carbonyl (C=O) groups is 1. The van der Waals surface area contributed by atoms with Crippen LogP contribution in [0.1, 0.15) is 16.7 Å². The Labute approximate surface area is 197 Å². The summed E-state index contributed by atoms with van der Waals surface area (Å²) in [5, 5.41) is 15.0. The van der Waals surface area contributed by atoms with Gasteiger partial charge in [0.25, 0.3) is 5.91 Å². The molecule has 4 aromatic carbocycles. The summed E-state index contributed by atoms with van der Waals surface area (Å²) in [4.78, 5) is 12.9. The van der Waals surface area contributed by atoms with Crippen molar-refractivity contribution in [3.05, 3.63) is 112 Å². The Morgan fingerprint density at radius 1 is 1.03 bits per heavy atom. The van der Waals surface area contributed by atoms with Crippen LogP contribution in [0.15, 0.2) is 90.5 Å². The van der Waals surface area contributed by atoms with Gasteiger partial charge >= 0.3 is 0 Å². The maximum Gasteiger partial charge on any atom is 0.266 e. The van der Waals surface area contributed by atoms with Crippen LogP contribution in [0.4, 0.5) is 5.69 Å². The number of ether oxygens (including phenoxy) is 1. The molecular weight excluding hydrogens is 432 g/mol. The molecule has 0 bridgehead atoms. The van der Waals surface area contributed by atoms with E-state index in [0.29, 0.717) is 28.6 Å². The van der Waals surface area contributed by atoms with Crippen molar-refractivity contribution in [1.82, 2.24) is 0 Å². The number of fused-ring (bicyclic) bond motifs is 1. The summed E-state index contributed by atoms with van der Waals surface area (Å²) in [5.41, 5.74) is 3.10. The van der Waals surface area contributed by atoms with Gasteiger partial charge in [-0.25, -0.2) is 0 Å². The quantitative estimate of drug-likeness (QED) is 0.255. The van der Waals surface area contributed by atoms with E-state index in [2.05, 4.69) is 5.32 Å². The van der Waals surface area contributed by atoms with Crippen molar-refractivity contribution >= 4 is 40.0 Å². The minimum absolute atomic E-state index is 0.0229. The molecule has 5 heteroatoms. The van der Waals surface area contributed by atoms with E-state index in [-0.39, 0.29) is 5.57 Å². The fourth-order valence-electron chi connectivity index (χ4n) is 3.54. The third-order valence-electron chi connectivity index (χ3n) is 5.26. The zero-order valence-corrected chi connectivity index (χ0v) is 18.8. The van der Waals surface area contributed by atoms with Crippen LogP contribution >= 0.6 is 11.6 Å². The number of amides is 1. The Bertz CT molecular complexity index is 1390. The van der Waals surface area contributed by atoms with Gasteiger partial charge in [-0.15, -0.1) is 0 Å².